The van der Waals surface area contributed by atoms with Crippen molar-refractivity contribution in [2.75, 3.05) is 20.1 Å². The van der Waals surface area contributed by atoms with Crippen LogP contribution in [-0.4, -0.2) is 49.9 Å². The smallest absolute Gasteiger partial charge is 0.138 e. The molecule has 0 amide bonds. The Labute approximate surface area is 238 Å². The number of aromatic hydroxyl groups is 1. The van der Waals surface area contributed by atoms with Gasteiger partial charge in [0.05, 0.1) is 16.6 Å². The lowest BCUT2D eigenvalue weighted by Gasteiger charge is -2.29. The summed E-state index contributed by atoms with van der Waals surface area (Å²) in [5.74, 6) is 0.741. The maximum atomic E-state index is 14.4. The molecule has 6 nitrogen and oxygen atoms in total. The molecule has 3 heterocycles. The van der Waals surface area contributed by atoms with Crippen LogP contribution in [0.3, 0.4) is 0 Å². The highest BCUT2D eigenvalue weighted by atomic mass is 19.1. The number of nitrogens with zero attached hydrogens (tertiary/aromatic N) is 4. The van der Waals surface area contributed by atoms with Crippen molar-refractivity contribution >= 4 is 21.9 Å². The van der Waals surface area contributed by atoms with E-state index in [1.165, 1.54) is 36.6 Å². The molecule has 2 N–H and O–H groups in total. The Kier molecular flexibility index (Phi) is 6.31. The molecule has 0 radical (unpaired) electrons. The maximum absolute atomic E-state index is 14.4. The van der Waals surface area contributed by atoms with E-state index in [4.69, 9.17) is 10.1 Å². The van der Waals surface area contributed by atoms with Gasteiger partial charge in [0.15, 0.2) is 0 Å². The number of benzene rings is 4. The van der Waals surface area contributed by atoms with E-state index in [9.17, 15) is 9.50 Å². The quantitative estimate of drug-likeness (QED) is 0.241. The molecule has 7 heteroatoms. The zero-order valence-electron chi connectivity index (χ0n) is 23.2. The van der Waals surface area contributed by atoms with Crippen LogP contribution in [0.15, 0.2) is 85.1 Å². The van der Waals surface area contributed by atoms with Gasteiger partial charge < -0.3 is 15.0 Å². The highest BCUT2D eigenvalue weighted by Crippen LogP contribution is 2.36. The highest BCUT2D eigenvalue weighted by molar-refractivity contribution is 5.86. The Bertz CT molecular complexity index is 1830. The van der Waals surface area contributed by atoms with Gasteiger partial charge in [0.2, 0.25) is 0 Å². The largest absolute Gasteiger partial charge is 0.508 e. The number of nitrogens with one attached hydrogen (secondary N) is 1. The average Bonchev–Trinajstić information content (AvgIpc) is 3.59. The van der Waals surface area contributed by atoms with Crippen LogP contribution in [0.5, 0.6) is 5.75 Å². The fourth-order valence-electron chi connectivity index (χ4n) is 6.19. The molecule has 1 unspecified atom stereocenters. The van der Waals surface area contributed by atoms with Crippen LogP contribution in [0.2, 0.25) is 0 Å². The minimum absolute atomic E-state index is 0.0158. The molecule has 6 aromatic rings. The van der Waals surface area contributed by atoms with Gasteiger partial charge in [0, 0.05) is 17.1 Å². The molecule has 0 aliphatic carbocycles. The first-order chi connectivity index (χ1) is 19.9. The number of piperidine rings is 1. The third kappa shape index (κ3) is 4.76. The van der Waals surface area contributed by atoms with Crippen LogP contribution >= 0.6 is 0 Å². The zero-order valence-corrected chi connectivity index (χ0v) is 23.2. The van der Waals surface area contributed by atoms with Crippen LogP contribution in [0, 0.1) is 12.7 Å². The summed E-state index contributed by atoms with van der Waals surface area (Å²) in [5.41, 5.74) is 7.72. The number of fused-ring (bicyclic) bond motifs is 2. The van der Waals surface area contributed by atoms with Gasteiger partial charge in [-0.3, -0.25) is 4.68 Å². The maximum Gasteiger partial charge on any atom is 0.138 e. The molecule has 41 heavy (non-hydrogen) atoms. The van der Waals surface area contributed by atoms with Crippen molar-refractivity contribution in [3.63, 3.8) is 0 Å². The second kappa shape index (κ2) is 10.2. The molecule has 0 bridgehead atoms. The summed E-state index contributed by atoms with van der Waals surface area (Å²) in [6.07, 6.45) is 4.34. The van der Waals surface area contributed by atoms with Crippen molar-refractivity contribution in [2.45, 2.75) is 31.7 Å². The zero-order chi connectivity index (χ0) is 28.1. The fraction of sp³-hybridized carbons (Fsp3) is 0.235. The Morgan fingerprint density at radius 1 is 0.951 bits per heavy atom. The summed E-state index contributed by atoms with van der Waals surface area (Å²) >= 11 is 0. The van der Waals surface area contributed by atoms with Crippen molar-refractivity contribution in [3.05, 3.63) is 113 Å². The molecule has 1 aliphatic heterocycles. The number of halogens is 1. The Morgan fingerprint density at radius 2 is 1.73 bits per heavy atom. The first kappa shape index (κ1) is 25.5. The third-order valence-electron chi connectivity index (χ3n) is 8.50. The van der Waals surface area contributed by atoms with E-state index in [0.29, 0.717) is 17.3 Å². The summed E-state index contributed by atoms with van der Waals surface area (Å²) < 4.78 is 16.2. The SMILES string of the molecule is Cc1cc2cn(C(c3nc4ccccc4[nH]3)c3cc(F)ccc3O)nc2cc1-c1ccc(C2CCN(C)CC2)cc1. The Morgan fingerprint density at radius 3 is 2.51 bits per heavy atom. The number of H-pyrrole nitrogens is 1. The molecule has 206 valence electrons. The summed E-state index contributed by atoms with van der Waals surface area (Å²) in [6, 6.07) is 24.3. The van der Waals surface area contributed by atoms with Crippen molar-refractivity contribution in [1.82, 2.24) is 24.6 Å². The predicted molar refractivity (Wildman–Crippen MR) is 161 cm³/mol. The second-order valence-electron chi connectivity index (χ2n) is 11.3. The average molecular weight is 546 g/mol. The Hall–Kier alpha value is -4.49. The lowest BCUT2D eigenvalue weighted by Crippen LogP contribution is -2.29. The lowest BCUT2D eigenvalue weighted by atomic mass is 9.88. The normalized spacial score (nSPS) is 15.6. The molecule has 1 saturated heterocycles. The van der Waals surface area contributed by atoms with E-state index in [1.54, 1.807) is 4.68 Å². The molecule has 4 aromatic carbocycles. The Balaban J connectivity index is 1.29. The molecule has 7 rings (SSSR count). The number of hydrogen-bond acceptors (Lipinski definition) is 4. The van der Waals surface area contributed by atoms with Crippen LogP contribution in [0.4, 0.5) is 4.39 Å². The second-order valence-corrected chi connectivity index (χ2v) is 11.3. The predicted octanol–water partition coefficient (Wildman–Crippen LogP) is 7.18. The number of para-hydroxylation sites is 2. The van der Waals surface area contributed by atoms with Crippen molar-refractivity contribution in [1.29, 1.82) is 0 Å². The van der Waals surface area contributed by atoms with Gasteiger partial charge in [-0.05, 0) is 111 Å². The number of phenolic OH excluding ortho intramolecular Hbond substituents is 1. The van der Waals surface area contributed by atoms with E-state index < -0.39 is 11.9 Å². The first-order valence-corrected chi connectivity index (χ1v) is 14.1. The van der Waals surface area contributed by atoms with Crippen LogP contribution in [-0.2, 0) is 0 Å². The van der Waals surface area contributed by atoms with Gasteiger partial charge in [0.25, 0.3) is 0 Å². The monoisotopic (exact) mass is 545 g/mol. The van der Waals surface area contributed by atoms with Crippen molar-refractivity contribution < 1.29 is 9.50 Å². The highest BCUT2D eigenvalue weighted by Gasteiger charge is 2.26. The minimum Gasteiger partial charge on any atom is -0.508 e. The third-order valence-corrected chi connectivity index (χ3v) is 8.50. The van der Waals surface area contributed by atoms with Crippen LogP contribution in [0.1, 0.15) is 47.3 Å². The minimum atomic E-state index is -0.650. The van der Waals surface area contributed by atoms with E-state index in [-0.39, 0.29) is 5.75 Å². The summed E-state index contributed by atoms with van der Waals surface area (Å²) in [7, 11) is 2.19. The number of aromatic nitrogens is 4. The molecule has 1 atom stereocenters. The van der Waals surface area contributed by atoms with E-state index in [2.05, 4.69) is 60.3 Å². The molecule has 0 spiro atoms. The summed E-state index contributed by atoms with van der Waals surface area (Å²) in [4.78, 5) is 10.5. The fourth-order valence-corrected chi connectivity index (χ4v) is 6.19. The van der Waals surface area contributed by atoms with E-state index in [0.717, 1.165) is 51.7 Å². The standard InChI is InChI=1S/C34H32FN5O/c1-21-17-25-20-40(33(28-18-26(35)11-12-32(28)41)34-36-29-5-3-4-6-30(29)37-34)38-31(25)19-27(21)24-9-7-22(8-10-24)23-13-15-39(2)16-14-23/h3-12,17-20,23,33,41H,13-16H2,1-2H3,(H,36,37). The summed E-state index contributed by atoms with van der Waals surface area (Å²) in [6.45, 7) is 4.41. The molecule has 2 aromatic heterocycles. The topological polar surface area (TPSA) is 70.0 Å². The van der Waals surface area contributed by atoms with Gasteiger partial charge in [0.1, 0.15) is 23.4 Å². The van der Waals surface area contributed by atoms with Gasteiger partial charge in [-0.15, -0.1) is 0 Å². The number of aryl methyl sites for hydroxylation is 1. The molecular weight excluding hydrogens is 513 g/mol. The number of phenols is 1. The number of hydrogen-bond donors (Lipinski definition) is 2. The molecule has 1 aliphatic rings. The van der Waals surface area contributed by atoms with E-state index >= 15 is 0 Å². The number of imidazole rings is 1. The first-order valence-electron chi connectivity index (χ1n) is 14.1. The van der Waals surface area contributed by atoms with Crippen LogP contribution < -0.4 is 0 Å². The number of likely N-dealkylation sites (tertiary alicyclic amines) is 1. The van der Waals surface area contributed by atoms with E-state index in [1.807, 2.05) is 30.5 Å². The van der Waals surface area contributed by atoms with Gasteiger partial charge in [-0.2, -0.15) is 5.10 Å². The lowest BCUT2D eigenvalue weighted by molar-refractivity contribution is 0.255. The summed E-state index contributed by atoms with van der Waals surface area (Å²) in [5, 5.41) is 16.7. The number of aromatic amines is 1. The van der Waals surface area contributed by atoms with Gasteiger partial charge in [-0.25, -0.2) is 9.37 Å². The van der Waals surface area contributed by atoms with Gasteiger partial charge in [-0.1, -0.05) is 36.4 Å². The van der Waals surface area contributed by atoms with Crippen molar-refractivity contribution in [3.8, 4) is 16.9 Å². The van der Waals surface area contributed by atoms with Gasteiger partial charge >= 0.3 is 0 Å². The molecule has 0 saturated carbocycles. The number of rotatable bonds is 5. The van der Waals surface area contributed by atoms with Crippen molar-refractivity contribution in [2.24, 2.45) is 0 Å². The van der Waals surface area contributed by atoms with Crippen LogP contribution in [0.25, 0.3) is 33.1 Å². The molecular formula is C34H32FN5O. The molecule has 1 fully saturated rings.